The molecule has 0 aromatic heterocycles. The lowest BCUT2D eigenvalue weighted by Crippen LogP contribution is -2.68. The highest BCUT2D eigenvalue weighted by Crippen LogP contribution is 2.56. The van der Waals surface area contributed by atoms with E-state index in [4.69, 9.17) is 56.8 Å². The molecule has 0 radical (unpaired) electrons. The monoisotopic (exact) mass is 1280 g/mol. The number of ether oxygens (including phenoxy) is 12. The summed E-state index contributed by atoms with van der Waals surface area (Å²) < 4.78 is 70.1. The Morgan fingerprint density at radius 2 is 0.773 bits per heavy atom. The Kier molecular flexibility index (Phi) is 25.3. The van der Waals surface area contributed by atoms with Crippen LogP contribution in [0.2, 0.25) is 0 Å². The lowest BCUT2D eigenvalue weighted by atomic mass is 9.55. The minimum atomic E-state index is -2.15. The van der Waals surface area contributed by atoms with E-state index >= 15 is 0 Å². The summed E-state index contributed by atoms with van der Waals surface area (Å²) in [6, 6.07) is 0. The molecule has 8 aliphatic rings. The molecule has 0 aromatic carbocycles. The molecule has 6 saturated heterocycles. The van der Waals surface area contributed by atoms with Crippen LogP contribution in [-0.4, -0.2) is 338 Å². The lowest BCUT2D eigenvalue weighted by molar-refractivity contribution is -0.405. The number of carbonyl (C=O) groups excluding carboxylic acids is 1. The quantitative estimate of drug-likeness (QED) is 0.0272. The lowest BCUT2D eigenvalue weighted by Gasteiger charge is -2.50. The first kappa shape index (κ1) is 71.8. The van der Waals surface area contributed by atoms with Crippen molar-refractivity contribution in [1.82, 2.24) is 0 Å². The highest BCUT2D eigenvalue weighted by atomic mass is 16.8. The number of fused-ring (bicyclic) bond motifs is 1. The van der Waals surface area contributed by atoms with Gasteiger partial charge < -0.3 is 159 Å². The van der Waals surface area contributed by atoms with Crippen molar-refractivity contribution in [2.24, 2.45) is 23.2 Å². The number of hydrogen-bond donors (Lipinski definition) is 20. The van der Waals surface area contributed by atoms with Crippen LogP contribution in [0.4, 0.5) is 0 Å². The first-order valence-electron chi connectivity index (χ1n) is 30.0. The molecule has 2 aliphatic carbocycles. The van der Waals surface area contributed by atoms with Gasteiger partial charge in [-0.05, 0) is 73.7 Å². The molecule has 0 amide bonds. The molecule has 8 fully saturated rings. The molecule has 33 heteroatoms. The van der Waals surface area contributed by atoms with E-state index in [0.717, 1.165) is 12.8 Å². The van der Waals surface area contributed by atoms with E-state index in [9.17, 15) is 107 Å². The standard InChI is InChI=1S/C55H92O33/c1-19-12-21-8-7-20(2)55(3,22(21)9-10-23(19)77-51-45(39(71)33(65)26(15-58)80-51)85-49-43(75)37(69)31(63)24(13-56)78-49)11-5-4-6-30(62)84-52-46(40(72)34(66)27(16-59)81-52)87-54-48(42(74)36(68)29(18-61)83-54)88-53-47(41(73)35(67)28(17-60)82-53)86-50-44(76)38(70)32(64)25(14-57)79-50/h20-29,31-54,56-61,63-76H,1,4-18H2,2-3H3/t20?,21?,22-,23?,24?,25?,26?,27?,28?,29?,31?,32?,33?,34?,35?,36?,37?,38?,39?,40?,41?,42?,43?,44?,45?,46?,47?,48?,49?,50?,51?,52?,53?,54?,55-/m1/s1. The summed E-state index contributed by atoms with van der Waals surface area (Å²) in [5, 5.41) is 212. The summed E-state index contributed by atoms with van der Waals surface area (Å²) in [7, 11) is 0. The largest absolute Gasteiger partial charge is 0.433 e. The van der Waals surface area contributed by atoms with Gasteiger partial charge in [0.05, 0.1) is 45.7 Å². The number of hydrogen-bond acceptors (Lipinski definition) is 33. The Balaban J connectivity index is 0.925. The maximum absolute atomic E-state index is 13.8. The summed E-state index contributed by atoms with van der Waals surface area (Å²) >= 11 is 0. The van der Waals surface area contributed by atoms with Crippen LogP contribution in [0.1, 0.15) is 71.6 Å². The number of aliphatic hydroxyl groups excluding tert-OH is 20. The number of carbonyl (C=O) groups is 1. The SMILES string of the molecule is C=C1CC2CCC(C)[C@@](C)(CCCCC(=O)OC3OC(CO)C(O)C(O)C3OC3OC(CO)C(O)C(O)C3OC3OC(CO)C(O)C(O)C3OC3OC(CO)C(O)C(O)C3O)[C@@H]2CCC1OC1OC(CO)C(O)C(O)C1OC1OC(CO)C(O)C(O)C1O. The van der Waals surface area contributed by atoms with Gasteiger partial charge in [0, 0.05) is 6.42 Å². The average Bonchev–Trinajstić information content (AvgIpc) is 2.75. The van der Waals surface area contributed by atoms with Crippen molar-refractivity contribution in [3.8, 4) is 0 Å². The van der Waals surface area contributed by atoms with Gasteiger partial charge in [-0.25, -0.2) is 0 Å². The van der Waals surface area contributed by atoms with Crippen LogP contribution in [0, 0.1) is 23.2 Å². The predicted molar refractivity (Wildman–Crippen MR) is 284 cm³/mol. The molecule has 8 rings (SSSR count). The first-order valence-corrected chi connectivity index (χ1v) is 30.0. The summed E-state index contributed by atoms with van der Waals surface area (Å²) in [5.74, 6) is -0.471. The Hall–Kier alpha value is -2.03. The third-order valence-corrected chi connectivity index (χ3v) is 19.3. The normalized spacial score (nSPS) is 50.5. The van der Waals surface area contributed by atoms with Crippen LogP contribution in [0.3, 0.4) is 0 Å². The summed E-state index contributed by atoms with van der Waals surface area (Å²) in [4.78, 5) is 13.8. The van der Waals surface area contributed by atoms with Gasteiger partial charge >= 0.3 is 5.97 Å². The molecule has 33 unspecified atom stereocenters. The minimum absolute atomic E-state index is 0.0923. The number of rotatable bonds is 22. The van der Waals surface area contributed by atoms with Gasteiger partial charge in [0.2, 0.25) is 6.29 Å². The predicted octanol–water partition coefficient (Wildman–Crippen LogP) is -9.22. The number of esters is 1. The molecule has 35 atom stereocenters. The molecule has 0 bridgehead atoms. The summed E-state index contributed by atoms with van der Waals surface area (Å²) in [6.07, 6.45) is -51.3. The fraction of sp³-hybridized carbons (Fsp3) is 0.945. The number of aliphatic hydroxyl groups is 20. The Morgan fingerprint density at radius 3 is 1.17 bits per heavy atom. The van der Waals surface area contributed by atoms with Crippen LogP contribution in [0.5, 0.6) is 0 Å². The van der Waals surface area contributed by atoms with E-state index in [-0.39, 0.29) is 36.0 Å². The maximum Gasteiger partial charge on any atom is 0.308 e. The Labute approximate surface area is 505 Å². The van der Waals surface area contributed by atoms with E-state index < -0.39 is 236 Å². The Morgan fingerprint density at radius 1 is 0.432 bits per heavy atom. The van der Waals surface area contributed by atoms with Crippen molar-refractivity contribution in [3.63, 3.8) is 0 Å². The van der Waals surface area contributed by atoms with Crippen molar-refractivity contribution in [2.75, 3.05) is 39.6 Å². The molecule has 6 aliphatic heterocycles. The topological polar surface area (TPSA) is 532 Å². The molecule has 0 aromatic rings. The molecule has 0 spiro atoms. The maximum atomic E-state index is 13.8. The zero-order valence-electron chi connectivity index (χ0n) is 48.7. The number of unbranched alkanes of at least 4 members (excludes halogenated alkanes) is 1. The highest BCUT2D eigenvalue weighted by Gasteiger charge is 2.58. The zero-order valence-corrected chi connectivity index (χ0v) is 48.7. The second kappa shape index (κ2) is 31.0. The molecular weight excluding hydrogens is 1190 g/mol. The van der Waals surface area contributed by atoms with Gasteiger partial charge in [-0.15, -0.1) is 0 Å². The molecule has 6 heterocycles. The van der Waals surface area contributed by atoms with Crippen LogP contribution >= 0.6 is 0 Å². The van der Waals surface area contributed by atoms with E-state index in [1.54, 1.807) is 0 Å². The van der Waals surface area contributed by atoms with Crippen LogP contribution in [-0.2, 0) is 61.6 Å². The van der Waals surface area contributed by atoms with E-state index in [0.29, 0.717) is 37.7 Å². The molecule has 20 N–H and O–H groups in total. The van der Waals surface area contributed by atoms with Gasteiger partial charge in [0.15, 0.2) is 37.6 Å². The third-order valence-electron chi connectivity index (χ3n) is 19.3. The van der Waals surface area contributed by atoms with Gasteiger partial charge in [0.1, 0.15) is 140 Å². The average molecular weight is 1280 g/mol. The van der Waals surface area contributed by atoms with Gasteiger partial charge in [-0.3, -0.25) is 4.79 Å². The fourth-order valence-corrected chi connectivity index (χ4v) is 13.6. The molecular formula is C55H92O33. The molecule has 510 valence electrons. The summed E-state index contributed by atoms with van der Waals surface area (Å²) in [5.41, 5.74) is 0.384. The van der Waals surface area contributed by atoms with Gasteiger partial charge in [0.25, 0.3) is 0 Å². The fourth-order valence-electron chi connectivity index (χ4n) is 13.6. The zero-order chi connectivity index (χ0) is 64.4. The highest BCUT2D eigenvalue weighted by molar-refractivity contribution is 5.69. The van der Waals surface area contributed by atoms with E-state index in [1.807, 2.05) is 0 Å². The molecule has 2 saturated carbocycles. The Bertz CT molecular complexity index is 2190. The van der Waals surface area contributed by atoms with Crippen molar-refractivity contribution in [3.05, 3.63) is 12.2 Å². The van der Waals surface area contributed by atoms with Crippen molar-refractivity contribution in [2.45, 2.75) is 262 Å². The third kappa shape index (κ3) is 15.1. The first-order chi connectivity index (χ1) is 41.8. The van der Waals surface area contributed by atoms with E-state index in [1.165, 1.54) is 0 Å². The van der Waals surface area contributed by atoms with Gasteiger partial charge in [-0.2, -0.15) is 0 Å². The second-order valence-corrected chi connectivity index (χ2v) is 24.7. The van der Waals surface area contributed by atoms with Crippen molar-refractivity contribution in [1.29, 1.82) is 0 Å². The smallest absolute Gasteiger partial charge is 0.308 e. The van der Waals surface area contributed by atoms with Crippen LogP contribution in [0.15, 0.2) is 12.2 Å². The summed E-state index contributed by atoms with van der Waals surface area (Å²) in [6.45, 7) is 3.49. The minimum Gasteiger partial charge on any atom is -0.433 e. The van der Waals surface area contributed by atoms with Crippen molar-refractivity contribution >= 4 is 5.97 Å². The van der Waals surface area contributed by atoms with E-state index in [2.05, 4.69) is 20.4 Å². The van der Waals surface area contributed by atoms with Crippen molar-refractivity contribution < 1.29 is 164 Å². The molecule has 33 nitrogen and oxygen atoms in total. The van der Waals surface area contributed by atoms with Crippen LogP contribution in [0.25, 0.3) is 0 Å². The molecule has 88 heavy (non-hydrogen) atoms. The van der Waals surface area contributed by atoms with Crippen LogP contribution < -0.4 is 0 Å². The van der Waals surface area contributed by atoms with Gasteiger partial charge in [-0.1, -0.05) is 26.8 Å². The second-order valence-electron chi connectivity index (χ2n) is 24.7.